The van der Waals surface area contributed by atoms with Crippen LogP contribution in [0.3, 0.4) is 0 Å². The van der Waals surface area contributed by atoms with Crippen molar-refractivity contribution < 1.29 is 38.4 Å². The van der Waals surface area contributed by atoms with Crippen molar-refractivity contribution in [2.75, 3.05) is 40.4 Å². The summed E-state index contributed by atoms with van der Waals surface area (Å²) >= 11 is 0. The van der Waals surface area contributed by atoms with Gasteiger partial charge in [-0.25, -0.2) is 0 Å². The number of nitrogens with zero attached hydrogens (tertiary/aromatic N) is 4. The van der Waals surface area contributed by atoms with E-state index < -0.39 is 33.2 Å². The number of hydrogen-bond donors (Lipinski definition) is 0. The fourth-order valence-electron chi connectivity index (χ4n) is 4.94. The van der Waals surface area contributed by atoms with Gasteiger partial charge in [-0.3, -0.25) is 29.8 Å². The van der Waals surface area contributed by atoms with Gasteiger partial charge in [0.1, 0.15) is 12.2 Å². The van der Waals surface area contributed by atoms with E-state index in [1.54, 1.807) is 27.7 Å². The summed E-state index contributed by atoms with van der Waals surface area (Å²) < 4.78 is 22.6. The molecule has 2 amide bonds. The number of hydrogen-bond acceptors (Lipinski definition) is 10. The SMILES string of the molecule is CN(C[C@H]1COC(C)(C)O1)C(=O)c1cc(-c2cc(C(=O)N(C)C[C@H]3COC(C)(C)O3)cc([N+](=O)[O-])c2)cc([N+](=O)[O-])c1. The molecule has 226 valence electrons. The van der Waals surface area contributed by atoms with Gasteiger partial charge in [0.25, 0.3) is 23.2 Å². The maximum Gasteiger partial charge on any atom is 0.270 e. The van der Waals surface area contributed by atoms with Crippen LogP contribution in [0.5, 0.6) is 0 Å². The van der Waals surface area contributed by atoms with Gasteiger partial charge < -0.3 is 28.7 Å². The number of carbonyl (C=O) groups is 2. The molecule has 2 aliphatic heterocycles. The molecule has 14 nitrogen and oxygen atoms in total. The van der Waals surface area contributed by atoms with Crippen LogP contribution in [0.25, 0.3) is 11.1 Å². The Hall–Kier alpha value is -3.98. The molecule has 0 N–H and O–H groups in total. The van der Waals surface area contributed by atoms with Crippen LogP contribution in [0, 0.1) is 20.2 Å². The lowest BCUT2D eigenvalue weighted by molar-refractivity contribution is -0.385. The molecule has 2 heterocycles. The van der Waals surface area contributed by atoms with Gasteiger partial charge in [0, 0.05) is 62.6 Å². The lowest BCUT2D eigenvalue weighted by Crippen LogP contribution is -2.36. The van der Waals surface area contributed by atoms with Crippen molar-refractivity contribution in [3.05, 3.63) is 67.8 Å². The zero-order valence-electron chi connectivity index (χ0n) is 24.3. The molecule has 0 spiro atoms. The molecule has 42 heavy (non-hydrogen) atoms. The van der Waals surface area contributed by atoms with Crippen molar-refractivity contribution in [2.24, 2.45) is 0 Å². The van der Waals surface area contributed by atoms with Crippen molar-refractivity contribution >= 4 is 23.2 Å². The van der Waals surface area contributed by atoms with Crippen LogP contribution in [0.1, 0.15) is 48.4 Å². The minimum atomic E-state index is -0.785. The van der Waals surface area contributed by atoms with Crippen molar-refractivity contribution in [1.82, 2.24) is 9.80 Å². The number of likely N-dealkylation sites (N-methyl/N-ethyl adjacent to an activating group) is 2. The number of benzene rings is 2. The fraction of sp³-hybridized carbons (Fsp3) is 0.500. The summed E-state index contributed by atoms with van der Waals surface area (Å²) in [4.78, 5) is 51.6. The van der Waals surface area contributed by atoms with Crippen molar-refractivity contribution in [3.63, 3.8) is 0 Å². The zero-order valence-corrected chi connectivity index (χ0v) is 24.3. The first kappa shape index (κ1) is 31.0. The molecule has 2 aromatic rings. The fourth-order valence-corrected chi connectivity index (χ4v) is 4.94. The second-order valence-corrected chi connectivity index (χ2v) is 11.3. The van der Waals surface area contributed by atoms with Crippen LogP contribution in [-0.4, -0.2) is 95.6 Å². The van der Waals surface area contributed by atoms with E-state index in [1.165, 1.54) is 48.2 Å². The summed E-state index contributed by atoms with van der Waals surface area (Å²) in [6.07, 6.45) is -0.775. The van der Waals surface area contributed by atoms with E-state index >= 15 is 0 Å². The Morgan fingerprint density at radius 2 is 1.10 bits per heavy atom. The summed E-state index contributed by atoms with van der Waals surface area (Å²) in [6.45, 7) is 7.95. The number of carbonyl (C=O) groups excluding carboxylic acids is 2. The average Bonchev–Trinajstić information content (AvgIpc) is 3.45. The van der Waals surface area contributed by atoms with Crippen LogP contribution in [0.4, 0.5) is 11.4 Å². The Morgan fingerprint density at radius 1 is 0.738 bits per heavy atom. The van der Waals surface area contributed by atoms with Crippen LogP contribution >= 0.6 is 0 Å². The predicted octanol–water partition coefficient (Wildman–Crippen LogP) is 3.62. The first-order valence-corrected chi connectivity index (χ1v) is 13.3. The first-order chi connectivity index (χ1) is 19.5. The minimum absolute atomic E-state index is 0.00243. The Balaban J connectivity index is 1.64. The summed E-state index contributed by atoms with van der Waals surface area (Å²) in [7, 11) is 3.07. The monoisotopic (exact) mass is 586 g/mol. The summed E-state index contributed by atoms with van der Waals surface area (Å²) in [6, 6.07) is 7.50. The zero-order chi connectivity index (χ0) is 31.0. The maximum atomic E-state index is 13.3. The third kappa shape index (κ3) is 7.26. The predicted molar refractivity (Wildman–Crippen MR) is 149 cm³/mol. The largest absolute Gasteiger partial charge is 0.348 e. The van der Waals surface area contributed by atoms with E-state index in [0.29, 0.717) is 0 Å². The van der Waals surface area contributed by atoms with Gasteiger partial charge in [0.2, 0.25) is 0 Å². The highest BCUT2D eigenvalue weighted by molar-refractivity contribution is 5.98. The smallest absolute Gasteiger partial charge is 0.270 e. The normalized spacial score (nSPS) is 20.7. The second kappa shape index (κ2) is 11.7. The lowest BCUT2D eigenvalue weighted by Gasteiger charge is -2.23. The highest BCUT2D eigenvalue weighted by Gasteiger charge is 2.35. The molecular weight excluding hydrogens is 552 g/mol. The molecule has 0 unspecified atom stereocenters. The lowest BCUT2D eigenvalue weighted by atomic mass is 9.98. The Bertz CT molecular complexity index is 1300. The van der Waals surface area contributed by atoms with E-state index in [0.717, 1.165) is 12.1 Å². The van der Waals surface area contributed by atoms with Crippen molar-refractivity contribution in [2.45, 2.75) is 51.5 Å². The number of nitro groups is 2. The molecule has 14 heteroatoms. The number of rotatable bonds is 9. The van der Waals surface area contributed by atoms with Crippen LogP contribution < -0.4 is 0 Å². The average molecular weight is 587 g/mol. The Labute approximate surface area is 242 Å². The molecule has 2 saturated heterocycles. The quantitative estimate of drug-likeness (QED) is 0.313. The molecule has 2 aliphatic rings. The molecule has 0 aliphatic carbocycles. The van der Waals surface area contributed by atoms with E-state index in [1.807, 2.05) is 0 Å². The summed E-state index contributed by atoms with van der Waals surface area (Å²) in [5.74, 6) is -2.60. The molecule has 0 radical (unpaired) electrons. The number of non-ortho nitro benzene ring substituents is 2. The number of nitro benzene ring substituents is 2. The topological polar surface area (TPSA) is 164 Å². The molecule has 2 aromatic carbocycles. The van der Waals surface area contributed by atoms with Gasteiger partial charge in [-0.15, -0.1) is 0 Å². The van der Waals surface area contributed by atoms with Gasteiger partial charge >= 0.3 is 0 Å². The van der Waals surface area contributed by atoms with Crippen molar-refractivity contribution in [1.29, 1.82) is 0 Å². The Morgan fingerprint density at radius 3 is 1.38 bits per heavy atom. The minimum Gasteiger partial charge on any atom is -0.348 e. The van der Waals surface area contributed by atoms with E-state index in [9.17, 15) is 29.8 Å². The number of ether oxygens (including phenoxy) is 4. The molecule has 0 saturated carbocycles. The maximum absolute atomic E-state index is 13.3. The molecule has 2 fully saturated rings. The molecule has 2 atom stereocenters. The van der Waals surface area contributed by atoms with Gasteiger partial charge in [-0.2, -0.15) is 0 Å². The van der Waals surface area contributed by atoms with Crippen molar-refractivity contribution in [3.8, 4) is 11.1 Å². The van der Waals surface area contributed by atoms with Crippen LogP contribution in [0.2, 0.25) is 0 Å². The third-order valence-electron chi connectivity index (χ3n) is 6.87. The molecule has 4 rings (SSSR count). The van der Waals surface area contributed by atoms with Gasteiger partial charge in [0.05, 0.1) is 23.1 Å². The standard InChI is InChI=1S/C28H34N4O10/c1-27(2)39-15-23(41-27)13-29(5)25(33)19-7-17(9-21(11-19)31(35)36)18-8-20(12-22(10-18)32(37)38)26(34)30(6)14-24-16-40-28(3,4)42-24/h7-12,23-24H,13-16H2,1-6H3/t23-,24-/m0/s1. The molecule has 0 bridgehead atoms. The highest BCUT2D eigenvalue weighted by Crippen LogP contribution is 2.32. The van der Waals surface area contributed by atoms with E-state index in [2.05, 4.69) is 0 Å². The Kier molecular flexibility index (Phi) is 8.64. The number of amides is 2. The van der Waals surface area contributed by atoms with Crippen LogP contribution in [-0.2, 0) is 18.9 Å². The van der Waals surface area contributed by atoms with E-state index in [-0.39, 0.29) is 72.1 Å². The summed E-state index contributed by atoms with van der Waals surface area (Å²) in [5.41, 5.74) is -0.448. The van der Waals surface area contributed by atoms with Crippen LogP contribution in [0.15, 0.2) is 36.4 Å². The summed E-state index contributed by atoms with van der Waals surface area (Å²) in [5, 5.41) is 23.6. The van der Waals surface area contributed by atoms with Gasteiger partial charge in [-0.1, -0.05) is 0 Å². The van der Waals surface area contributed by atoms with Gasteiger partial charge in [0.15, 0.2) is 11.6 Å². The van der Waals surface area contributed by atoms with Gasteiger partial charge in [-0.05, 0) is 51.0 Å². The highest BCUT2D eigenvalue weighted by atomic mass is 16.7. The van der Waals surface area contributed by atoms with E-state index in [4.69, 9.17) is 18.9 Å². The first-order valence-electron chi connectivity index (χ1n) is 13.3. The molecule has 0 aromatic heterocycles. The molecular formula is C28H34N4O10. The second-order valence-electron chi connectivity index (χ2n) is 11.3. The third-order valence-corrected chi connectivity index (χ3v) is 6.87.